The number of imidazole rings is 2. The van der Waals surface area contributed by atoms with Crippen molar-refractivity contribution in [3.05, 3.63) is 83.8 Å². The van der Waals surface area contributed by atoms with E-state index in [1.54, 1.807) is 64.3 Å². The molecule has 0 saturated carbocycles. The van der Waals surface area contributed by atoms with E-state index < -0.39 is 35.4 Å². The topological polar surface area (TPSA) is 286 Å². The molecule has 5 heterocycles. The lowest BCUT2D eigenvalue weighted by atomic mass is 10.3. The highest BCUT2D eigenvalue weighted by molar-refractivity contribution is 6.04. The molecule has 24 nitrogen and oxygen atoms in total. The van der Waals surface area contributed by atoms with E-state index in [2.05, 4.69) is 52.5 Å². The maximum Gasteiger partial charge on any atom is 0.292 e. The quantitative estimate of drug-likeness (QED) is 0.0440. The molecule has 0 unspecified atom stereocenters. The van der Waals surface area contributed by atoms with Crippen molar-refractivity contribution in [2.24, 2.45) is 35.2 Å². The Morgan fingerprint density at radius 1 is 0.530 bits per heavy atom. The predicted octanol–water partition coefficient (Wildman–Crippen LogP) is 0.379. The van der Waals surface area contributed by atoms with E-state index in [1.807, 2.05) is 19.0 Å². The molecule has 0 spiro atoms. The summed E-state index contributed by atoms with van der Waals surface area (Å²) in [7, 11) is 12.0. The minimum absolute atomic E-state index is 0.0187. The van der Waals surface area contributed by atoms with Crippen molar-refractivity contribution in [1.29, 1.82) is 0 Å². The van der Waals surface area contributed by atoms with Crippen molar-refractivity contribution in [2.45, 2.75) is 25.7 Å². The molecule has 66 heavy (non-hydrogen) atoms. The molecule has 24 heteroatoms. The minimum Gasteiger partial charge on any atom is -0.356 e. The Hall–Kier alpha value is -8.02. The van der Waals surface area contributed by atoms with Crippen molar-refractivity contribution in [2.75, 3.05) is 68.1 Å². The van der Waals surface area contributed by atoms with Crippen molar-refractivity contribution in [3.8, 4) is 0 Å². The second-order valence-corrected chi connectivity index (χ2v) is 15.5. The van der Waals surface area contributed by atoms with E-state index in [0.29, 0.717) is 17.9 Å². The average molecular weight is 913 g/mol. The first-order valence-corrected chi connectivity index (χ1v) is 20.9. The molecule has 0 fully saturated rings. The van der Waals surface area contributed by atoms with Crippen molar-refractivity contribution >= 4 is 70.4 Å². The predicted molar refractivity (Wildman–Crippen MR) is 243 cm³/mol. The van der Waals surface area contributed by atoms with Gasteiger partial charge in [-0.25, -0.2) is 9.97 Å². The standard InChI is InChI=1S/C42H56N16O8/c1-53(2)20-9-16-43-33(59)13-17-46-40(64)29-22-26(23-55(29)4)47-41(65)36-50-30(24-56(36)5)48-35(61)15-19-45-39(63)28-11-12-32(58(28)7)52-42(66)37-51-31(25-57(37)6)49-34(60)14-18-44-38(62)27-10-8-21-54(27)3/h8,10-12,21-25H,9,13-20H2,1-7H3,(H,43,59)(H,44,62)(H,45,63)(H,46,64)(H,47,65)(H,48,61)(H,49,60)(H,52,66). The van der Waals surface area contributed by atoms with Crippen LogP contribution in [-0.4, -0.2) is 132 Å². The summed E-state index contributed by atoms with van der Waals surface area (Å²) in [6, 6.07) is 7.91. The van der Waals surface area contributed by atoms with Gasteiger partial charge in [0.25, 0.3) is 29.5 Å². The first-order chi connectivity index (χ1) is 31.4. The molecule has 5 aromatic heterocycles. The summed E-state index contributed by atoms with van der Waals surface area (Å²) >= 11 is 0. The van der Waals surface area contributed by atoms with Gasteiger partial charge in [-0.05, 0) is 57.4 Å². The summed E-state index contributed by atoms with van der Waals surface area (Å²) in [5.41, 5.74) is 1.24. The van der Waals surface area contributed by atoms with Crippen LogP contribution in [0.2, 0.25) is 0 Å². The third-order valence-corrected chi connectivity index (χ3v) is 9.98. The maximum atomic E-state index is 13.1. The fourth-order valence-corrected chi connectivity index (χ4v) is 6.52. The molecule has 0 bridgehead atoms. The van der Waals surface area contributed by atoms with Crippen LogP contribution in [0.4, 0.5) is 23.1 Å². The second kappa shape index (κ2) is 22.6. The van der Waals surface area contributed by atoms with E-state index in [4.69, 9.17) is 0 Å². The number of aryl methyl sites for hydroxylation is 4. The van der Waals surface area contributed by atoms with Gasteiger partial charge in [0.2, 0.25) is 29.4 Å². The second-order valence-electron chi connectivity index (χ2n) is 15.5. The molecule has 5 aromatic rings. The van der Waals surface area contributed by atoms with Gasteiger partial charge in [-0.15, -0.1) is 0 Å². The Morgan fingerprint density at radius 2 is 1.06 bits per heavy atom. The van der Waals surface area contributed by atoms with Crippen LogP contribution in [-0.2, 0) is 49.6 Å². The number of carbonyl (C=O) groups is 8. The zero-order valence-corrected chi connectivity index (χ0v) is 37.9. The summed E-state index contributed by atoms with van der Waals surface area (Å²) in [5.74, 6) is -3.05. The largest absolute Gasteiger partial charge is 0.356 e. The van der Waals surface area contributed by atoms with Crippen LogP contribution in [0.1, 0.15) is 78.4 Å². The lowest BCUT2D eigenvalue weighted by molar-refractivity contribution is -0.121. The Bertz CT molecular complexity index is 2590. The minimum atomic E-state index is -0.608. The number of hydrogen-bond donors (Lipinski definition) is 8. The van der Waals surface area contributed by atoms with Crippen molar-refractivity contribution in [3.63, 3.8) is 0 Å². The summed E-state index contributed by atoms with van der Waals surface area (Å²) < 4.78 is 7.50. The molecule has 0 aliphatic heterocycles. The molecule has 8 amide bonds. The number of nitrogens with one attached hydrogen (secondary N) is 8. The van der Waals surface area contributed by atoms with Crippen LogP contribution in [0.5, 0.6) is 0 Å². The zero-order chi connectivity index (χ0) is 48.1. The van der Waals surface area contributed by atoms with Gasteiger partial charge in [-0.3, -0.25) is 38.4 Å². The fraction of sp³-hybridized carbons (Fsp3) is 0.381. The molecule has 0 aromatic carbocycles. The number of anilines is 4. The van der Waals surface area contributed by atoms with Gasteiger partial charge in [0.1, 0.15) is 22.9 Å². The maximum absolute atomic E-state index is 13.1. The number of rotatable bonds is 22. The van der Waals surface area contributed by atoms with Gasteiger partial charge in [0, 0.05) is 105 Å². The molecule has 8 N–H and O–H groups in total. The number of amides is 8. The first-order valence-electron chi connectivity index (χ1n) is 20.9. The Balaban J connectivity index is 1.03. The van der Waals surface area contributed by atoms with Gasteiger partial charge in [0.05, 0.1) is 5.69 Å². The van der Waals surface area contributed by atoms with Crippen LogP contribution < -0.4 is 42.5 Å². The summed E-state index contributed by atoms with van der Waals surface area (Å²) in [6.07, 6.45) is 6.99. The summed E-state index contributed by atoms with van der Waals surface area (Å²) in [5, 5.41) is 21.5. The lowest BCUT2D eigenvalue weighted by Gasteiger charge is -2.10. The van der Waals surface area contributed by atoms with Crippen molar-refractivity contribution in [1.82, 2.24) is 59.0 Å². The summed E-state index contributed by atoms with van der Waals surface area (Å²) in [4.78, 5) is 112. The SMILES string of the molecule is CN(C)CCCNC(=O)CCNC(=O)c1cc(NC(=O)c2nc(NC(=O)CCNC(=O)c3ccc(NC(=O)c4nc(NC(=O)CCNC(=O)c5cccn5C)cn4C)n3C)cn2C)cn1C. The molecule has 0 radical (unpaired) electrons. The van der Waals surface area contributed by atoms with Gasteiger partial charge in [-0.2, -0.15) is 0 Å². The Kier molecular flexibility index (Phi) is 16.7. The van der Waals surface area contributed by atoms with E-state index in [9.17, 15) is 38.4 Å². The van der Waals surface area contributed by atoms with Crippen LogP contribution in [0.3, 0.4) is 0 Å². The first kappa shape index (κ1) is 49.0. The van der Waals surface area contributed by atoms with Gasteiger partial charge in [0.15, 0.2) is 11.6 Å². The Morgan fingerprint density at radius 3 is 1.61 bits per heavy atom. The third-order valence-electron chi connectivity index (χ3n) is 9.98. The monoisotopic (exact) mass is 912 g/mol. The van der Waals surface area contributed by atoms with Crippen LogP contribution in [0.15, 0.2) is 55.1 Å². The molecule has 0 aliphatic rings. The fourth-order valence-electron chi connectivity index (χ4n) is 6.52. The van der Waals surface area contributed by atoms with Gasteiger partial charge < -0.3 is 70.3 Å². The zero-order valence-electron chi connectivity index (χ0n) is 37.9. The van der Waals surface area contributed by atoms with E-state index in [-0.39, 0.29) is 91.2 Å². The Labute approximate surface area is 379 Å². The molecule has 5 rings (SSSR count). The van der Waals surface area contributed by atoms with Gasteiger partial charge >= 0.3 is 0 Å². The van der Waals surface area contributed by atoms with E-state index >= 15 is 0 Å². The molecule has 0 aliphatic carbocycles. The van der Waals surface area contributed by atoms with Gasteiger partial charge in [-0.1, -0.05) is 0 Å². The highest BCUT2D eigenvalue weighted by Crippen LogP contribution is 2.17. The number of nitrogens with zero attached hydrogens (tertiary/aromatic N) is 8. The van der Waals surface area contributed by atoms with E-state index in [0.717, 1.165) is 13.0 Å². The highest BCUT2D eigenvalue weighted by atomic mass is 16.2. The third kappa shape index (κ3) is 13.5. The highest BCUT2D eigenvalue weighted by Gasteiger charge is 2.21. The molecule has 0 atom stereocenters. The smallest absolute Gasteiger partial charge is 0.292 e. The molecule has 0 saturated heterocycles. The molecular formula is C42H56N16O8. The number of carbonyl (C=O) groups excluding carboxylic acids is 8. The van der Waals surface area contributed by atoms with Crippen LogP contribution in [0.25, 0.3) is 0 Å². The summed E-state index contributed by atoms with van der Waals surface area (Å²) in [6.45, 7) is 1.58. The molecule has 352 valence electrons. The van der Waals surface area contributed by atoms with Crippen molar-refractivity contribution < 1.29 is 38.4 Å². The lowest BCUT2D eigenvalue weighted by Crippen LogP contribution is -2.32. The normalized spacial score (nSPS) is 10.9. The van der Waals surface area contributed by atoms with Crippen LogP contribution >= 0.6 is 0 Å². The van der Waals surface area contributed by atoms with E-state index in [1.165, 1.54) is 48.9 Å². The number of aromatic nitrogens is 7. The number of hydrogen-bond acceptors (Lipinski definition) is 11. The van der Waals surface area contributed by atoms with Crippen LogP contribution in [0, 0.1) is 0 Å². The average Bonchev–Trinajstić information content (AvgIpc) is 4.09. The molecular weight excluding hydrogens is 857 g/mol.